The molecular formula is C49H33N3. The van der Waals surface area contributed by atoms with Crippen LogP contribution < -0.4 is 5.32 Å². The van der Waals surface area contributed by atoms with Crippen LogP contribution >= 0.6 is 0 Å². The summed E-state index contributed by atoms with van der Waals surface area (Å²) in [6.45, 7) is 0. The summed E-state index contributed by atoms with van der Waals surface area (Å²) in [5.74, 6) is 1.52. The number of rotatable bonds is 5. The van der Waals surface area contributed by atoms with Crippen molar-refractivity contribution in [2.75, 3.05) is 0 Å². The number of hydrogen-bond acceptors (Lipinski definition) is 3. The smallest absolute Gasteiger partial charge is 0.160 e. The summed E-state index contributed by atoms with van der Waals surface area (Å²) in [6.07, 6.45) is -0.296. The quantitative estimate of drug-likeness (QED) is 0.183. The molecule has 9 aromatic rings. The van der Waals surface area contributed by atoms with Crippen LogP contribution in [0.4, 0.5) is 0 Å². The molecule has 244 valence electrons. The van der Waals surface area contributed by atoms with E-state index in [9.17, 15) is 0 Å². The van der Waals surface area contributed by atoms with Gasteiger partial charge in [-0.1, -0.05) is 170 Å². The van der Waals surface area contributed by atoms with Gasteiger partial charge < -0.3 is 5.32 Å². The van der Waals surface area contributed by atoms with Gasteiger partial charge in [-0.2, -0.15) is 0 Å². The van der Waals surface area contributed by atoms with Crippen molar-refractivity contribution in [2.45, 2.75) is 6.17 Å². The molecule has 3 nitrogen and oxygen atoms in total. The third-order valence-electron chi connectivity index (χ3n) is 10.3. The van der Waals surface area contributed by atoms with Crippen LogP contribution in [-0.4, -0.2) is 11.7 Å². The highest BCUT2D eigenvalue weighted by molar-refractivity contribution is 6.31. The lowest BCUT2D eigenvalue weighted by Gasteiger charge is -2.25. The molecule has 1 unspecified atom stereocenters. The second-order valence-electron chi connectivity index (χ2n) is 13.4. The van der Waals surface area contributed by atoms with Crippen molar-refractivity contribution >= 4 is 54.8 Å². The van der Waals surface area contributed by atoms with Crippen molar-refractivity contribution in [3.05, 3.63) is 205 Å². The fourth-order valence-electron chi connectivity index (χ4n) is 7.72. The average molecular weight is 664 g/mol. The van der Waals surface area contributed by atoms with E-state index < -0.39 is 0 Å². The Kier molecular flexibility index (Phi) is 7.21. The molecule has 0 aromatic heterocycles. The van der Waals surface area contributed by atoms with Crippen molar-refractivity contribution in [3.63, 3.8) is 0 Å². The van der Waals surface area contributed by atoms with Gasteiger partial charge in [-0.05, 0) is 83.7 Å². The van der Waals surface area contributed by atoms with Gasteiger partial charge in [-0.25, -0.2) is 9.98 Å². The van der Waals surface area contributed by atoms with Gasteiger partial charge in [0.05, 0.1) is 0 Å². The van der Waals surface area contributed by atoms with Crippen LogP contribution in [0.5, 0.6) is 0 Å². The molecule has 0 aliphatic carbocycles. The van der Waals surface area contributed by atoms with E-state index in [2.05, 4.69) is 181 Å². The highest BCUT2D eigenvalue weighted by Gasteiger charge is 2.24. The van der Waals surface area contributed by atoms with Crippen LogP contribution in [0, 0.1) is 0 Å². The number of nitrogens with one attached hydrogen (secondary N) is 1. The second-order valence-corrected chi connectivity index (χ2v) is 13.4. The first-order valence-electron chi connectivity index (χ1n) is 17.8. The van der Waals surface area contributed by atoms with Crippen LogP contribution in [0.2, 0.25) is 0 Å². The lowest BCUT2D eigenvalue weighted by atomic mass is 9.88. The fourth-order valence-corrected chi connectivity index (χ4v) is 7.72. The largest absolute Gasteiger partial charge is 0.344 e. The third-order valence-corrected chi connectivity index (χ3v) is 10.3. The Balaban J connectivity index is 1.22. The fraction of sp³-hybridized carbons (Fsp3) is 0.0204. The maximum absolute atomic E-state index is 5.37. The van der Waals surface area contributed by atoms with Crippen molar-refractivity contribution in [1.82, 2.24) is 5.32 Å². The molecule has 0 amide bonds. The molecule has 52 heavy (non-hydrogen) atoms. The molecule has 0 radical (unpaired) electrons. The minimum atomic E-state index is -0.296. The molecule has 3 heteroatoms. The molecule has 0 bridgehead atoms. The summed E-state index contributed by atoms with van der Waals surface area (Å²) in [6, 6.07) is 67.1. The number of hydrogen-bond donors (Lipinski definition) is 1. The minimum Gasteiger partial charge on any atom is -0.344 e. The average Bonchev–Trinajstić information content (AvgIpc) is 3.23. The summed E-state index contributed by atoms with van der Waals surface area (Å²) < 4.78 is 0. The molecule has 1 aliphatic rings. The summed E-state index contributed by atoms with van der Waals surface area (Å²) in [7, 11) is 0. The van der Waals surface area contributed by atoms with E-state index >= 15 is 0 Å². The lowest BCUT2D eigenvalue weighted by Crippen LogP contribution is -2.33. The SMILES string of the molecule is c1ccc(C2=NC(c3cc(-c4ccc(-c5ccc6ccccc6c5)cc4)cc4c5ccccc5c5ccccc5c34)=NC(c3ccccc3)N2)cc1. The van der Waals surface area contributed by atoms with Gasteiger partial charge in [0.25, 0.3) is 0 Å². The van der Waals surface area contributed by atoms with E-state index in [-0.39, 0.29) is 6.17 Å². The first-order valence-corrected chi connectivity index (χ1v) is 17.8. The van der Waals surface area contributed by atoms with Crippen molar-refractivity contribution < 1.29 is 0 Å². The zero-order chi connectivity index (χ0) is 34.4. The minimum absolute atomic E-state index is 0.296. The number of nitrogens with zero attached hydrogens (tertiary/aromatic N) is 2. The van der Waals surface area contributed by atoms with E-state index in [1.165, 1.54) is 48.8 Å². The van der Waals surface area contributed by atoms with E-state index in [4.69, 9.17) is 9.98 Å². The predicted molar refractivity (Wildman–Crippen MR) is 219 cm³/mol. The Morgan fingerprint density at radius 3 is 1.67 bits per heavy atom. The molecule has 0 spiro atoms. The molecule has 1 heterocycles. The van der Waals surface area contributed by atoms with Crippen LogP contribution in [0.25, 0.3) is 65.3 Å². The Labute approximate surface area is 302 Å². The molecule has 1 aliphatic heterocycles. The standard InChI is InChI=1S/C49H33N3/c1-3-14-35(15-4-1)47-50-48(36-16-5-2-6-17-36)52-49(51-47)45-31-39(30-44-42-21-10-9-19-40(42)41-20-11-12-22-43(41)46(44)45)34-25-23-33(24-26-34)38-28-27-32-13-7-8-18-37(32)29-38/h1-31,47H,(H,50,51,52). The maximum atomic E-state index is 5.37. The Morgan fingerprint density at radius 2 is 0.942 bits per heavy atom. The van der Waals surface area contributed by atoms with Crippen molar-refractivity contribution in [2.24, 2.45) is 9.98 Å². The zero-order valence-corrected chi connectivity index (χ0v) is 28.4. The number of fused-ring (bicyclic) bond motifs is 7. The van der Waals surface area contributed by atoms with Crippen molar-refractivity contribution in [1.29, 1.82) is 0 Å². The van der Waals surface area contributed by atoms with E-state index in [0.29, 0.717) is 5.84 Å². The Hall–Kier alpha value is -6.84. The Morgan fingerprint density at radius 1 is 0.385 bits per heavy atom. The first-order chi connectivity index (χ1) is 25.8. The summed E-state index contributed by atoms with van der Waals surface area (Å²) in [5, 5.41) is 13.4. The predicted octanol–water partition coefficient (Wildman–Crippen LogP) is 12.1. The van der Waals surface area contributed by atoms with E-state index in [1.807, 2.05) is 12.1 Å². The molecule has 0 fully saturated rings. The van der Waals surface area contributed by atoms with Gasteiger partial charge in [0.2, 0.25) is 0 Å². The third kappa shape index (κ3) is 5.23. The molecule has 0 saturated heterocycles. The highest BCUT2D eigenvalue weighted by atomic mass is 15.2. The topological polar surface area (TPSA) is 36.8 Å². The van der Waals surface area contributed by atoms with Gasteiger partial charge in [0.1, 0.15) is 12.0 Å². The van der Waals surface area contributed by atoms with Crippen molar-refractivity contribution in [3.8, 4) is 22.3 Å². The van der Waals surface area contributed by atoms with E-state index in [1.54, 1.807) is 0 Å². The van der Waals surface area contributed by atoms with Crippen LogP contribution in [0.15, 0.2) is 198 Å². The van der Waals surface area contributed by atoms with Gasteiger partial charge >= 0.3 is 0 Å². The normalized spacial score (nSPS) is 14.3. The monoisotopic (exact) mass is 663 g/mol. The lowest BCUT2D eigenvalue weighted by molar-refractivity contribution is 0.674. The zero-order valence-electron chi connectivity index (χ0n) is 28.4. The molecule has 0 saturated carbocycles. The number of benzene rings is 9. The summed E-state index contributed by atoms with van der Waals surface area (Å²) in [5.41, 5.74) is 7.80. The van der Waals surface area contributed by atoms with Gasteiger partial charge in [0.15, 0.2) is 5.84 Å². The molecule has 1 N–H and O–H groups in total. The van der Waals surface area contributed by atoms with E-state index in [0.717, 1.165) is 39.0 Å². The Bertz CT molecular complexity index is 2850. The molecule has 10 rings (SSSR count). The van der Waals surface area contributed by atoms with Gasteiger partial charge in [0, 0.05) is 16.5 Å². The summed E-state index contributed by atoms with van der Waals surface area (Å²) in [4.78, 5) is 10.7. The molecular weight excluding hydrogens is 631 g/mol. The molecule has 1 atom stereocenters. The van der Waals surface area contributed by atoms with Gasteiger partial charge in [-0.15, -0.1) is 0 Å². The summed E-state index contributed by atoms with van der Waals surface area (Å²) >= 11 is 0. The number of aliphatic imine (C=N–C) groups is 2. The first kappa shape index (κ1) is 30.0. The van der Waals surface area contributed by atoms with Crippen LogP contribution in [0.1, 0.15) is 22.9 Å². The number of amidine groups is 2. The maximum Gasteiger partial charge on any atom is 0.160 e. The molecule has 9 aromatic carbocycles. The van der Waals surface area contributed by atoms with Crippen LogP contribution in [0.3, 0.4) is 0 Å². The second kappa shape index (κ2) is 12.5. The van der Waals surface area contributed by atoms with Crippen LogP contribution in [-0.2, 0) is 0 Å². The highest BCUT2D eigenvalue weighted by Crippen LogP contribution is 2.40. The van der Waals surface area contributed by atoms with Gasteiger partial charge in [-0.3, -0.25) is 0 Å².